The van der Waals surface area contributed by atoms with Crippen LogP contribution < -0.4 is 0 Å². The van der Waals surface area contributed by atoms with E-state index in [0.29, 0.717) is 10.6 Å². The molecule has 1 aromatic rings. The van der Waals surface area contributed by atoms with Gasteiger partial charge in [-0.3, -0.25) is 5.41 Å². The number of fused-ring (bicyclic) bond motifs is 2. The average Bonchev–Trinajstić information content (AvgIpc) is 2.71. The number of hydrogen-bond donors (Lipinski definition) is 1. The Bertz CT molecular complexity index is 851. The molecule has 0 spiro atoms. The second-order valence-electron chi connectivity index (χ2n) is 6.14. The summed E-state index contributed by atoms with van der Waals surface area (Å²) < 4.78 is 11.5. The quantitative estimate of drug-likeness (QED) is 0.842. The summed E-state index contributed by atoms with van der Waals surface area (Å²) in [5, 5.41) is 38.2. The Morgan fingerprint density at radius 2 is 1.79 bits per heavy atom. The highest BCUT2D eigenvalue weighted by Crippen LogP contribution is 2.66. The van der Waals surface area contributed by atoms with Crippen molar-refractivity contribution in [3.05, 3.63) is 34.9 Å². The van der Waals surface area contributed by atoms with Crippen LogP contribution in [0.15, 0.2) is 24.3 Å². The van der Waals surface area contributed by atoms with Gasteiger partial charge in [0, 0.05) is 17.5 Å². The van der Waals surface area contributed by atoms with Crippen molar-refractivity contribution in [1.29, 1.82) is 21.2 Å². The summed E-state index contributed by atoms with van der Waals surface area (Å²) in [7, 11) is 0. The van der Waals surface area contributed by atoms with E-state index in [-0.39, 0.29) is 0 Å². The van der Waals surface area contributed by atoms with Crippen molar-refractivity contribution in [1.82, 2.24) is 0 Å². The lowest BCUT2D eigenvalue weighted by Gasteiger charge is -2.47. The van der Waals surface area contributed by atoms with Crippen LogP contribution >= 0.6 is 11.6 Å². The highest BCUT2D eigenvalue weighted by molar-refractivity contribution is 6.31. The third-order valence-electron chi connectivity index (χ3n) is 5.18. The molecule has 0 aromatic heterocycles. The first-order chi connectivity index (χ1) is 11.3. The Kier molecular flexibility index (Phi) is 3.36. The first-order valence-corrected chi connectivity index (χ1v) is 7.65. The number of hydrogen-bond acceptors (Lipinski definition) is 6. The lowest BCUT2D eigenvalue weighted by Crippen LogP contribution is -2.57. The summed E-state index contributed by atoms with van der Waals surface area (Å²) in [5.74, 6) is -2.40. The van der Waals surface area contributed by atoms with Gasteiger partial charge in [-0.15, -0.1) is 0 Å². The summed E-state index contributed by atoms with van der Waals surface area (Å²) in [6.45, 7) is 3.25. The monoisotopic (exact) mass is 340 g/mol. The van der Waals surface area contributed by atoms with Crippen molar-refractivity contribution in [3.8, 4) is 18.2 Å². The maximum Gasteiger partial charge on any atom is 0.214 e. The van der Waals surface area contributed by atoms with Crippen LogP contribution in [0.1, 0.15) is 25.5 Å². The van der Waals surface area contributed by atoms with Crippen LogP contribution in [0, 0.1) is 56.2 Å². The molecule has 2 heterocycles. The third kappa shape index (κ3) is 1.59. The number of rotatable bonds is 1. The van der Waals surface area contributed by atoms with Gasteiger partial charge >= 0.3 is 0 Å². The smallest absolute Gasteiger partial charge is 0.214 e. The SMILES string of the molecule is CC1C2(C)OC(=N)C1(C#N)C(C#N)(C#N)C(c1ccccc1Cl)O2. The maximum atomic E-state index is 9.90. The molecular formula is C17H13ClN4O2. The van der Waals surface area contributed by atoms with E-state index in [2.05, 4.69) is 0 Å². The van der Waals surface area contributed by atoms with Crippen LogP contribution in [-0.4, -0.2) is 11.7 Å². The van der Waals surface area contributed by atoms with Crippen molar-refractivity contribution in [3.63, 3.8) is 0 Å². The van der Waals surface area contributed by atoms with Crippen LogP contribution in [0.4, 0.5) is 0 Å². The predicted molar refractivity (Wildman–Crippen MR) is 83.4 cm³/mol. The molecule has 6 nitrogen and oxygen atoms in total. The summed E-state index contributed by atoms with van der Waals surface area (Å²) in [5.41, 5.74) is -3.29. The van der Waals surface area contributed by atoms with E-state index in [1.165, 1.54) is 0 Å². The Morgan fingerprint density at radius 1 is 1.17 bits per heavy atom. The molecule has 0 saturated carbocycles. The normalized spacial score (nSPS) is 36.1. The minimum absolute atomic E-state index is 0.314. The van der Waals surface area contributed by atoms with E-state index in [0.717, 1.165) is 0 Å². The zero-order valence-electron chi connectivity index (χ0n) is 13.0. The average molecular weight is 341 g/mol. The summed E-state index contributed by atoms with van der Waals surface area (Å²) in [6.07, 6.45) is -1.12. The molecule has 7 heteroatoms. The van der Waals surface area contributed by atoms with E-state index in [1.807, 2.05) is 18.2 Å². The zero-order chi connectivity index (χ0) is 17.8. The zero-order valence-corrected chi connectivity index (χ0v) is 13.8. The van der Waals surface area contributed by atoms with Gasteiger partial charge in [-0.05, 0) is 6.07 Å². The van der Waals surface area contributed by atoms with Gasteiger partial charge in [0.25, 0.3) is 0 Å². The number of benzene rings is 1. The Hall–Kier alpha value is -2.59. The molecule has 0 radical (unpaired) electrons. The number of ether oxygens (including phenoxy) is 2. The fourth-order valence-corrected chi connectivity index (χ4v) is 3.91. The van der Waals surface area contributed by atoms with Crippen molar-refractivity contribution in [2.75, 3.05) is 0 Å². The molecule has 2 fully saturated rings. The molecule has 3 rings (SSSR count). The van der Waals surface area contributed by atoms with Gasteiger partial charge in [0.2, 0.25) is 17.1 Å². The molecule has 1 aromatic carbocycles. The lowest BCUT2D eigenvalue weighted by atomic mass is 9.54. The van der Waals surface area contributed by atoms with E-state index in [9.17, 15) is 15.8 Å². The number of nitrogens with one attached hydrogen (secondary N) is 1. The summed E-state index contributed by atoms with van der Waals surface area (Å²) >= 11 is 6.25. The molecule has 2 aliphatic heterocycles. The highest BCUT2D eigenvalue weighted by Gasteiger charge is 2.78. The third-order valence-corrected chi connectivity index (χ3v) is 5.53. The molecule has 1 N–H and O–H groups in total. The van der Waals surface area contributed by atoms with E-state index >= 15 is 0 Å². The van der Waals surface area contributed by atoms with Gasteiger partial charge in [0.05, 0.1) is 24.1 Å². The van der Waals surface area contributed by atoms with Crippen molar-refractivity contribution >= 4 is 17.5 Å². The highest BCUT2D eigenvalue weighted by atomic mass is 35.5. The van der Waals surface area contributed by atoms with Gasteiger partial charge in [-0.25, -0.2) is 0 Å². The van der Waals surface area contributed by atoms with Crippen LogP contribution in [0.25, 0.3) is 0 Å². The molecule has 0 aliphatic carbocycles. The van der Waals surface area contributed by atoms with E-state index in [1.54, 1.807) is 38.1 Å². The number of halogens is 1. The predicted octanol–water partition coefficient (Wildman–Crippen LogP) is 3.31. The van der Waals surface area contributed by atoms with E-state index in [4.69, 9.17) is 26.5 Å². The minimum atomic E-state index is -1.96. The fraction of sp³-hybridized carbons (Fsp3) is 0.412. The number of nitrogens with zero attached hydrogens (tertiary/aromatic N) is 3. The largest absolute Gasteiger partial charge is 0.448 e. The molecule has 2 saturated heterocycles. The van der Waals surface area contributed by atoms with Crippen LogP contribution in [-0.2, 0) is 9.47 Å². The van der Waals surface area contributed by atoms with Gasteiger partial charge in [-0.1, -0.05) is 36.7 Å². The molecule has 4 unspecified atom stereocenters. The second kappa shape index (κ2) is 4.95. The summed E-state index contributed by atoms with van der Waals surface area (Å²) in [4.78, 5) is 0. The van der Waals surface area contributed by atoms with Crippen LogP contribution in [0.2, 0.25) is 5.02 Å². The number of nitriles is 3. The van der Waals surface area contributed by atoms with Crippen LogP contribution in [0.5, 0.6) is 0 Å². The molecule has 2 bridgehead atoms. The fourth-order valence-electron chi connectivity index (χ4n) is 3.68. The Morgan fingerprint density at radius 3 is 2.33 bits per heavy atom. The standard InChI is InChI=1S/C17H13ClN4O2/c1-10-15(2)23-13(11-5-3-4-6-12(11)18)16(7-19,8-20)17(10,9-21)14(22)24-15/h3-6,10,13,22H,1-2H3. The Labute approximate surface area is 144 Å². The first-order valence-electron chi connectivity index (χ1n) is 7.27. The Balaban J connectivity index is 2.36. The molecular weight excluding hydrogens is 328 g/mol. The van der Waals surface area contributed by atoms with Gasteiger partial charge in [-0.2, -0.15) is 15.8 Å². The molecule has 0 amide bonds. The lowest BCUT2D eigenvalue weighted by molar-refractivity contribution is -0.268. The first kappa shape index (κ1) is 16.3. The van der Waals surface area contributed by atoms with Crippen molar-refractivity contribution in [2.45, 2.75) is 25.7 Å². The topological polar surface area (TPSA) is 114 Å². The van der Waals surface area contributed by atoms with Crippen molar-refractivity contribution < 1.29 is 9.47 Å². The minimum Gasteiger partial charge on any atom is -0.448 e. The van der Waals surface area contributed by atoms with E-state index < -0.39 is 34.5 Å². The molecule has 4 atom stereocenters. The molecule has 24 heavy (non-hydrogen) atoms. The molecule has 120 valence electrons. The van der Waals surface area contributed by atoms with Gasteiger partial charge in [0.1, 0.15) is 6.10 Å². The van der Waals surface area contributed by atoms with Crippen molar-refractivity contribution in [2.24, 2.45) is 16.7 Å². The second-order valence-corrected chi connectivity index (χ2v) is 6.55. The summed E-state index contributed by atoms with van der Waals surface area (Å²) in [6, 6.07) is 12.6. The maximum absolute atomic E-state index is 9.90. The van der Waals surface area contributed by atoms with Gasteiger partial charge < -0.3 is 9.47 Å². The van der Waals surface area contributed by atoms with Gasteiger partial charge in [0.15, 0.2) is 5.41 Å². The molecule has 2 aliphatic rings. The van der Waals surface area contributed by atoms with Crippen LogP contribution in [0.3, 0.4) is 0 Å².